The SMILES string of the molecule is Clc1ccccc1N=Nc1ccccc1.N=C=O.N=C=O. The molecule has 0 aliphatic heterocycles. The summed E-state index contributed by atoms with van der Waals surface area (Å²) in [6.07, 6.45) is 1.50. The lowest BCUT2D eigenvalue weighted by Crippen LogP contribution is -1.66. The van der Waals surface area contributed by atoms with E-state index in [1.54, 1.807) is 6.07 Å². The number of nitrogens with one attached hydrogen (secondary N) is 2. The second-order valence-corrected chi connectivity index (χ2v) is 3.60. The van der Waals surface area contributed by atoms with Crippen molar-refractivity contribution in [3.8, 4) is 0 Å². The summed E-state index contributed by atoms with van der Waals surface area (Å²) in [6, 6.07) is 16.9. The summed E-state index contributed by atoms with van der Waals surface area (Å²) < 4.78 is 0. The molecule has 2 rings (SSSR count). The number of halogens is 1. The average molecular weight is 303 g/mol. The third-order valence-corrected chi connectivity index (χ3v) is 2.20. The van der Waals surface area contributed by atoms with Gasteiger partial charge in [0.15, 0.2) is 0 Å². The van der Waals surface area contributed by atoms with Gasteiger partial charge in [-0.3, -0.25) is 0 Å². The van der Waals surface area contributed by atoms with E-state index in [2.05, 4.69) is 10.2 Å². The summed E-state index contributed by atoms with van der Waals surface area (Å²) in [5, 5.41) is 19.6. The third-order valence-electron chi connectivity index (χ3n) is 1.88. The van der Waals surface area contributed by atoms with Crippen LogP contribution in [0.2, 0.25) is 5.02 Å². The second-order valence-electron chi connectivity index (χ2n) is 3.19. The number of hydrogen-bond donors (Lipinski definition) is 2. The maximum absolute atomic E-state index is 8.35. The summed E-state index contributed by atoms with van der Waals surface area (Å²) >= 11 is 5.94. The molecule has 0 radical (unpaired) electrons. The molecular weight excluding hydrogens is 292 g/mol. The zero-order chi connectivity index (χ0) is 15.9. The van der Waals surface area contributed by atoms with Gasteiger partial charge in [0.2, 0.25) is 12.2 Å². The smallest absolute Gasteiger partial charge is 0.222 e. The van der Waals surface area contributed by atoms with Crippen LogP contribution < -0.4 is 0 Å². The Labute approximate surface area is 126 Å². The maximum Gasteiger partial charge on any atom is 0.231 e. The van der Waals surface area contributed by atoms with Crippen molar-refractivity contribution in [2.75, 3.05) is 0 Å². The Morgan fingerprint density at radius 2 is 1.29 bits per heavy atom. The molecule has 0 fully saturated rings. The predicted octanol–water partition coefficient (Wildman–Crippen LogP) is 4.56. The van der Waals surface area contributed by atoms with Crippen LogP contribution in [0.25, 0.3) is 0 Å². The minimum atomic E-state index is 0.609. The lowest BCUT2D eigenvalue weighted by Gasteiger charge is -1.94. The van der Waals surface area contributed by atoms with Crippen LogP contribution in [-0.2, 0) is 9.59 Å². The van der Waals surface area contributed by atoms with E-state index in [-0.39, 0.29) is 0 Å². The van der Waals surface area contributed by atoms with Crippen molar-refractivity contribution in [1.29, 1.82) is 10.8 Å². The van der Waals surface area contributed by atoms with Crippen molar-refractivity contribution in [3.05, 3.63) is 59.6 Å². The number of isocyanates is 2. The molecule has 0 bridgehead atoms. The normalized spacial score (nSPS) is 8.43. The average Bonchev–Trinajstić information content (AvgIpc) is 2.49. The van der Waals surface area contributed by atoms with Gasteiger partial charge < -0.3 is 0 Å². The van der Waals surface area contributed by atoms with Gasteiger partial charge in [0, 0.05) is 0 Å². The van der Waals surface area contributed by atoms with Gasteiger partial charge in [-0.25, -0.2) is 20.4 Å². The van der Waals surface area contributed by atoms with Gasteiger partial charge in [-0.1, -0.05) is 41.9 Å². The quantitative estimate of drug-likeness (QED) is 0.482. The number of azo groups is 1. The Morgan fingerprint density at radius 1 is 0.810 bits per heavy atom. The molecule has 0 spiro atoms. The van der Waals surface area contributed by atoms with Crippen LogP contribution in [0.3, 0.4) is 0 Å². The number of rotatable bonds is 2. The molecule has 0 aromatic heterocycles. The van der Waals surface area contributed by atoms with Gasteiger partial charge >= 0.3 is 0 Å². The Bertz CT molecular complexity index is 620. The molecule has 2 aromatic rings. The minimum Gasteiger partial charge on any atom is -0.222 e. The lowest BCUT2D eigenvalue weighted by molar-refractivity contribution is 0.562. The summed E-state index contributed by atoms with van der Waals surface area (Å²) in [5.74, 6) is 0. The Morgan fingerprint density at radius 3 is 1.81 bits per heavy atom. The molecule has 7 heteroatoms. The molecule has 6 nitrogen and oxygen atoms in total. The molecule has 0 aliphatic carbocycles. The van der Waals surface area contributed by atoms with Crippen molar-refractivity contribution in [2.45, 2.75) is 0 Å². The Hall–Kier alpha value is -2.91. The topological polar surface area (TPSA) is 107 Å². The zero-order valence-electron chi connectivity index (χ0n) is 10.8. The van der Waals surface area contributed by atoms with Crippen LogP contribution in [-0.4, -0.2) is 12.2 Å². The summed E-state index contributed by atoms with van der Waals surface area (Å²) in [5.41, 5.74) is 1.50. The molecule has 2 N–H and O–H groups in total. The van der Waals surface area contributed by atoms with E-state index in [1.165, 1.54) is 0 Å². The fourth-order valence-electron chi connectivity index (χ4n) is 1.14. The molecule has 0 amide bonds. The van der Waals surface area contributed by atoms with Gasteiger partial charge in [0.1, 0.15) is 5.69 Å². The van der Waals surface area contributed by atoms with E-state index in [0.29, 0.717) is 10.7 Å². The molecule has 0 heterocycles. The lowest BCUT2D eigenvalue weighted by atomic mass is 10.3. The van der Waals surface area contributed by atoms with E-state index in [0.717, 1.165) is 17.8 Å². The standard InChI is InChI=1S/C12H9ClN2.2CHNO/c13-11-8-4-5-9-12(11)15-14-10-6-2-1-3-7-10;2*2-1-3/h1-9H;2*2H. The van der Waals surface area contributed by atoms with Gasteiger partial charge in [-0.05, 0) is 24.3 Å². The number of benzene rings is 2. The molecule has 0 saturated heterocycles. The fraction of sp³-hybridized carbons (Fsp3) is 0. The summed E-state index contributed by atoms with van der Waals surface area (Å²) in [6.45, 7) is 0. The monoisotopic (exact) mass is 302 g/mol. The van der Waals surface area contributed by atoms with Crippen LogP contribution in [0.5, 0.6) is 0 Å². The molecule has 106 valence electrons. The van der Waals surface area contributed by atoms with Crippen LogP contribution in [0.1, 0.15) is 0 Å². The highest BCUT2D eigenvalue weighted by molar-refractivity contribution is 6.32. The van der Waals surface area contributed by atoms with E-state index >= 15 is 0 Å². The highest BCUT2D eigenvalue weighted by atomic mass is 35.5. The number of hydrogen-bond acceptors (Lipinski definition) is 6. The zero-order valence-corrected chi connectivity index (χ0v) is 11.5. The molecule has 0 aliphatic rings. The summed E-state index contributed by atoms with van der Waals surface area (Å²) in [7, 11) is 0. The van der Waals surface area contributed by atoms with E-state index in [9.17, 15) is 0 Å². The van der Waals surface area contributed by atoms with Crippen molar-refractivity contribution >= 4 is 35.1 Å². The molecule has 2 aromatic carbocycles. The first-order chi connectivity index (χ1) is 10.2. The van der Waals surface area contributed by atoms with Gasteiger partial charge in [-0.2, -0.15) is 5.11 Å². The first-order valence-corrected chi connectivity index (χ1v) is 5.86. The van der Waals surface area contributed by atoms with Crippen molar-refractivity contribution < 1.29 is 9.59 Å². The molecular formula is C14H11ClN4O2. The Balaban J connectivity index is 0.000000578. The van der Waals surface area contributed by atoms with Crippen molar-refractivity contribution in [3.63, 3.8) is 0 Å². The largest absolute Gasteiger partial charge is 0.231 e. The van der Waals surface area contributed by atoms with Crippen molar-refractivity contribution in [2.24, 2.45) is 10.2 Å². The van der Waals surface area contributed by atoms with Crippen LogP contribution in [0, 0.1) is 10.8 Å². The number of nitrogens with zero attached hydrogens (tertiary/aromatic N) is 2. The third kappa shape index (κ3) is 8.75. The van der Waals surface area contributed by atoms with Gasteiger partial charge in [0.05, 0.1) is 10.7 Å². The van der Waals surface area contributed by atoms with E-state index in [1.807, 2.05) is 48.5 Å². The molecule has 0 unspecified atom stereocenters. The van der Waals surface area contributed by atoms with E-state index < -0.39 is 0 Å². The van der Waals surface area contributed by atoms with E-state index in [4.69, 9.17) is 32.0 Å². The van der Waals surface area contributed by atoms with Crippen LogP contribution in [0.15, 0.2) is 64.8 Å². The predicted molar refractivity (Wildman–Crippen MR) is 78.9 cm³/mol. The number of carbonyl (C=O) groups excluding carboxylic acids is 2. The van der Waals surface area contributed by atoms with Crippen LogP contribution in [0.4, 0.5) is 11.4 Å². The fourth-order valence-corrected chi connectivity index (χ4v) is 1.31. The summed E-state index contributed by atoms with van der Waals surface area (Å²) in [4.78, 5) is 16.7. The highest BCUT2D eigenvalue weighted by Crippen LogP contribution is 2.25. The molecule has 0 saturated carbocycles. The molecule has 21 heavy (non-hydrogen) atoms. The highest BCUT2D eigenvalue weighted by Gasteiger charge is 1.95. The minimum absolute atomic E-state index is 0.609. The van der Waals surface area contributed by atoms with Crippen molar-refractivity contribution in [1.82, 2.24) is 0 Å². The maximum atomic E-state index is 8.35. The first-order valence-electron chi connectivity index (χ1n) is 5.48. The second kappa shape index (κ2) is 12.1. The van der Waals surface area contributed by atoms with Gasteiger partial charge in [-0.15, -0.1) is 5.11 Å². The van der Waals surface area contributed by atoms with Crippen LogP contribution >= 0.6 is 11.6 Å². The molecule has 0 atom stereocenters. The van der Waals surface area contributed by atoms with Gasteiger partial charge in [0.25, 0.3) is 0 Å². The Kier molecular flexibility index (Phi) is 10.5. The first kappa shape index (κ1) is 18.1.